The van der Waals surface area contributed by atoms with Crippen molar-refractivity contribution in [1.29, 1.82) is 0 Å². The van der Waals surface area contributed by atoms with E-state index in [0.717, 1.165) is 40.3 Å². The minimum absolute atomic E-state index is 0.0710. The van der Waals surface area contributed by atoms with Gasteiger partial charge in [-0.25, -0.2) is 13.8 Å². The number of ketones is 1. The molecule has 0 bridgehead atoms. The highest BCUT2D eigenvalue weighted by molar-refractivity contribution is 5.98. The van der Waals surface area contributed by atoms with E-state index in [0.29, 0.717) is 5.56 Å². The molecule has 3 aromatic carbocycles. The molecule has 0 aliphatic carbocycles. The van der Waals surface area contributed by atoms with E-state index in [4.69, 9.17) is 0 Å². The summed E-state index contributed by atoms with van der Waals surface area (Å²) in [7, 11) is 0. The summed E-state index contributed by atoms with van der Waals surface area (Å²) in [5, 5.41) is 3.28. The number of aromatic nitrogens is 1. The molecule has 1 heterocycles. The Kier molecular flexibility index (Phi) is 5.85. The molecular formula is C26H20F2N2O. The van der Waals surface area contributed by atoms with Crippen LogP contribution in [0.3, 0.4) is 0 Å². The third-order valence-electron chi connectivity index (χ3n) is 5.05. The Balaban J connectivity index is 1.54. The van der Waals surface area contributed by atoms with Crippen molar-refractivity contribution in [3.05, 3.63) is 113 Å². The smallest absolute Gasteiger partial charge is 0.173 e. The first-order valence-corrected chi connectivity index (χ1v) is 9.86. The molecule has 4 aromatic rings. The number of halogens is 2. The molecule has 0 amide bonds. The van der Waals surface area contributed by atoms with Gasteiger partial charge in [0.05, 0.1) is 5.56 Å². The number of carbonyl (C=O) groups excluding carboxylic acids is 1. The van der Waals surface area contributed by atoms with Gasteiger partial charge in [-0.15, -0.1) is 0 Å². The minimum Gasteiger partial charge on any atom is -0.340 e. The lowest BCUT2D eigenvalue weighted by Gasteiger charge is -2.12. The first-order valence-electron chi connectivity index (χ1n) is 9.86. The zero-order chi connectivity index (χ0) is 21.8. The van der Waals surface area contributed by atoms with Crippen molar-refractivity contribution < 1.29 is 13.6 Å². The average Bonchev–Trinajstić information content (AvgIpc) is 2.76. The van der Waals surface area contributed by atoms with Gasteiger partial charge in [0, 0.05) is 18.3 Å². The number of pyridine rings is 1. The van der Waals surface area contributed by atoms with Gasteiger partial charge in [-0.1, -0.05) is 42.5 Å². The number of nitrogens with zero attached hydrogens (tertiary/aromatic N) is 1. The van der Waals surface area contributed by atoms with E-state index >= 15 is 0 Å². The molecule has 0 atom stereocenters. The van der Waals surface area contributed by atoms with Crippen molar-refractivity contribution in [2.75, 3.05) is 5.32 Å². The van der Waals surface area contributed by atoms with Crippen LogP contribution in [0.4, 0.5) is 20.3 Å². The first-order chi connectivity index (χ1) is 15.0. The van der Waals surface area contributed by atoms with Crippen LogP contribution in [0.15, 0.2) is 85.1 Å². The minimum atomic E-state index is -0.838. The highest BCUT2D eigenvalue weighted by Crippen LogP contribution is 2.28. The molecule has 0 unspecified atom stereocenters. The van der Waals surface area contributed by atoms with Gasteiger partial charge < -0.3 is 5.32 Å². The highest BCUT2D eigenvalue weighted by Gasteiger charge is 2.17. The predicted molar refractivity (Wildman–Crippen MR) is 119 cm³/mol. The fourth-order valence-electron chi connectivity index (χ4n) is 3.44. The Labute approximate surface area is 179 Å². The van der Waals surface area contributed by atoms with E-state index in [9.17, 15) is 13.6 Å². The number of rotatable bonds is 6. The van der Waals surface area contributed by atoms with Crippen molar-refractivity contribution in [2.45, 2.75) is 13.3 Å². The second-order valence-corrected chi connectivity index (χ2v) is 7.26. The van der Waals surface area contributed by atoms with Gasteiger partial charge in [0.15, 0.2) is 5.78 Å². The molecule has 0 saturated carbocycles. The van der Waals surface area contributed by atoms with Crippen LogP contribution in [-0.2, 0) is 6.42 Å². The number of hydrogen-bond acceptors (Lipinski definition) is 3. The molecule has 0 radical (unpaired) electrons. The lowest BCUT2D eigenvalue weighted by atomic mass is 9.96. The second-order valence-electron chi connectivity index (χ2n) is 7.26. The van der Waals surface area contributed by atoms with Crippen LogP contribution in [0.5, 0.6) is 0 Å². The third kappa shape index (κ3) is 4.67. The van der Waals surface area contributed by atoms with Crippen molar-refractivity contribution in [3.8, 4) is 11.1 Å². The molecule has 1 aromatic heterocycles. The van der Waals surface area contributed by atoms with Crippen LogP contribution in [0.25, 0.3) is 11.1 Å². The number of anilines is 2. The summed E-state index contributed by atoms with van der Waals surface area (Å²) in [5.74, 6) is -1.50. The Morgan fingerprint density at radius 2 is 1.65 bits per heavy atom. The Hall–Kier alpha value is -3.86. The van der Waals surface area contributed by atoms with E-state index in [1.807, 2.05) is 67.6 Å². The highest BCUT2D eigenvalue weighted by atomic mass is 19.1. The average molecular weight is 414 g/mol. The largest absolute Gasteiger partial charge is 0.340 e. The summed E-state index contributed by atoms with van der Waals surface area (Å²) in [6.07, 6.45) is 1.66. The SMILES string of the molecule is Cc1ccc(Nc2ccccn2)cc1-c1ccc(CC(=O)c2c(F)cccc2F)cc1. The number of carbonyl (C=O) groups is 1. The van der Waals surface area contributed by atoms with E-state index in [1.165, 1.54) is 6.07 Å². The van der Waals surface area contributed by atoms with Gasteiger partial charge >= 0.3 is 0 Å². The second kappa shape index (κ2) is 8.88. The van der Waals surface area contributed by atoms with Gasteiger partial charge in [-0.3, -0.25) is 4.79 Å². The zero-order valence-electron chi connectivity index (χ0n) is 16.9. The van der Waals surface area contributed by atoms with Crippen LogP contribution < -0.4 is 5.32 Å². The normalized spacial score (nSPS) is 10.7. The molecule has 0 aliphatic rings. The summed E-state index contributed by atoms with van der Waals surface area (Å²) in [6, 6.07) is 22.6. The maximum atomic E-state index is 13.9. The van der Waals surface area contributed by atoms with Crippen LogP contribution >= 0.6 is 0 Å². The number of Topliss-reactive ketones (excluding diaryl/α,β-unsaturated/α-hetero) is 1. The summed E-state index contributed by atoms with van der Waals surface area (Å²) >= 11 is 0. The maximum Gasteiger partial charge on any atom is 0.173 e. The molecule has 3 nitrogen and oxygen atoms in total. The molecule has 0 fully saturated rings. The molecule has 31 heavy (non-hydrogen) atoms. The van der Waals surface area contributed by atoms with E-state index in [-0.39, 0.29) is 6.42 Å². The summed E-state index contributed by atoms with van der Waals surface area (Å²) in [5.41, 5.74) is 4.24. The van der Waals surface area contributed by atoms with Crippen LogP contribution in [-0.4, -0.2) is 10.8 Å². The van der Waals surface area contributed by atoms with Crippen molar-refractivity contribution in [2.24, 2.45) is 0 Å². The van der Waals surface area contributed by atoms with Gasteiger partial charge in [0.1, 0.15) is 17.5 Å². The zero-order valence-corrected chi connectivity index (χ0v) is 16.9. The molecule has 5 heteroatoms. The van der Waals surface area contributed by atoms with Gasteiger partial charge in [0.25, 0.3) is 0 Å². The van der Waals surface area contributed by atoms with Crippen molar-refractivity contribution in [1.82, 2.24) is 4.98 Å². The molecule has 0 saturated heterocycles. The summed E-state index contributed by atoms with van der Waals surface area (Å²) in [6.45, 7) is 2.03. The first kappa shape index (κ1) is 20.4. The lowest BCUT2D eigenvalue weighted by molar-refractivity contribution is 0.0985. The fraction of sp³-hybridized carbons (Fsp3) is 0.0769. The van der Waals surface area contributed by atoms with Crippen LogP contribution in [0, 0.1) is 18.6 Å². The van der Waals surface area contributed by atoms with E-state index in [2.05, 4.69) is 10.3 Å². The number of hydrogen-bond donors (Lipinski definition) is 1. The quantitative estimate of drug-likeness (QED) is 0.366. The third-order valence-corrected chi connectivity index (χ3v) is 5.05. The number of benzene rings is 3. The summed E-state index contributed by atoms with van der Waals surface area (Å²) < 4.78 is 27.7. The van der Waals surface area contributed by atoms with Gasteiger partial charge in [-0.2, -0.15) is 0 Å². The molecule has 154 valence electrons. The molecule has 0 aliphatic heterocycles. The fourth-order valence-corrected chi connectivity index (χ4v) is 3.44. The van der Waals surface area contributed by atoms with Crippen LogP contribution in [0.1, 0.15) is 21.5 Å². The topological polar surface area (TPSA) is 42.0 Å². The standard InChI is InChI=1S/C26H20F2N2O/c1-17-8-13-20(30-25-7-2-3-14-29-25)16-21(17)19-11-9-18(10-12-19)15-24(31)26-22(27)5-4-6-23(26)28/h2-14,16H,15H2,1H3,(H,29,30). The van der Waals surface area contributed by atoms with Crippen molar-refractivity contribution in [3.63, 3.8) is 0 Å². The summed E-state index contributed by atoms with van der Waals surface area (Å²) in [4.78, 5) is 16.7. The molecule has 0 spiro atoms. The van der Waals surface area contributed by atoms with E-state index < -0.39 is 23.0 Å². The Morgan fingerprint density at radius 3 is 2.32 bits per heavy atom. The monoisotopic (exact) mass is 414 g/mol. The molecule has 4 rings (SSSR count). The van der Waals surface area contributed by atoms with Gasteiger partial charge in [0.2, 0.25) is 0 Å². The lowest BCUT2D eigenvalue weighted by Crippen LogP contribution is -2.09. The molecular weight excluding hydrogens is 394 g/mol. The van der Waals surface area contributed by atoms with Gasteiger partial charge in [-0.05, 0) is 65.6 Å². The predicted octanol–water partition coefficient (Wildman–Crippen LogP) is 6.50. The Morgan fingerprint density at radius 1 is 0.903 bits per heavy atom. The van der Waals surface area contributed by atoms with Crippen molar-refractivity contribution >= 4 is 17.3 Å². The maximum absolute atomic E-state index is 13.9. The number of nitrogens with one attached hydrogen (secondary N) is 1. The number of aryl methyl sites for hydroxylation is 1. The molecule has 1 N–H and O–H groups in total. The van der Waals surface area contributed by atoms with Crippen LogP contribution in [0.2, 0.25) is 0 Å². The van der Waals surface area contributed by atoms with E-state index in [1.54, 1.807) is 6.20 Å². The Bertz CT molecular complexity index is 1200.